The summed E-state index contributed by atoms with van der Waals surface area (Å²) in [5.41, 5.74) is 6.42. The molecule has 0 fully saturated rings. The van der Waals surface area contributed by atoms with E-state index in [1.54, 1.807) is 18.0 Å². The summed E-state index contributed by atoms with van der Waals surface area (Å²) < 4.78 is 1.99. The van der Waals surface area contributed by atoms with Crippen LogP contribution >= 0.6 is 23.4 Å². The van der Waals surface area contributed by atoms with Crippen molar-refractivity contribution in [2.75, 3.05) is 6.54 Å². The molecule has 2 rings (SSSR count). The van der Waals surface area contributed by atoms with Crippen molar-refractivity contribution in [3.8, 4) is 0 Å². The summed E-state index contributed by atoms with van der Waals surface area (Å²) >= 11 is 7.29. The molecule has 2 heterocycles. The van der Waals surface area contributed by atoms with E-state index in [-0.39, 0.29) is 5.28 Å². The molecule has 0 saturated carbocycles. The van der Waals surface area contributed by atoms with Crippen LogP contribution < -0.4 is 5.73 Å². The van der Waals surface area contributed by atoms with Crippen molar-refractivity contribution in [2.24, 2.45) is 5.73 Å². The van der Waals surface area contributed by atoms with Gasteiger partial charge in [0.05, 0.1) is 5.69 Å². The molecule has 0 aliphatic heterocycles. The molecular weight excluding hydrogens is 272 g/mol. The SMILES string of the molecule is Cc1nnc(SCc2ccnc(Cl)n2)n1CCN. The first-order valence-electron chi connectivity index (χ1n) is 5.41. The average molecular weight is 285 g/mol. The Morgan fingerprint density at radius 3 is 3.00 bits per heavy atom. The van der Waals surface area contributed by atoms with Crippen molar-refractivity contribution in [1.82, 2.24) is 24.7 Å². The first-order valence-corrected chi connectivity index (χ1v) is 6.77. The Morgan fingerprint density at radius 2 is 2.28 bits per heavy atom. The van der Waals surface area contributed by atoms with Crippen LogP contribution in [-0.2, 0) is 12.3 Å². The van der Waals surface area contributed by atoms with Gasteiger partial charge in [-0.25, -0.2) is 9.97 Å². The quantitative estimate of drug-likeness (QED) is 0.658. The van der Waals surface area contributed by atoms with Crippen LogP contribution in [0.1, 0.15) is 11.5 Å². The maximum atomic E-state index is 5.73. The van der Waals surface area contributed by atoms with Gasteiger partial charge in [-0.3, -0.25) is 0 Å². The summed E-state index contributed by atoms with van der Waals surface area (Å²) in [7, 11) is 0. The second-order valence-corrected chi connectivity index (χ2v) is 4.86. The lowest BCUT2D eigenvalue weighted by Gasteiger charge is -2.06. The summed E-state index contributed by atoms with van der Waals surface area (Å²) in [6.45, 7) is 3.19. The fraction of sp³-hybridized carbons (Fsp3) is 0.400. The fourth-order valence-corrected chi connectivity index (χ4v) is 2.52. The molecule has 6 nitrogen and oxygen atoms in total. The minimum atomic E-state index is 0.257. The van der Waals surface area contributed by atoms with E-state index < -0.39 is 0 Å². The van der Waals surface area contributed by atoms with Crippen LogP contribution in [-0.4, -0.2) is 31.3 Å². The maximum Gasteiger partial charge on any atom is 0.222 e. The third-order valence-electron chi connectivity index (χ3n) is 2.29. The van der Waals surface area contributed by atoms with Crippen LogP contribution in [0, 0.1) is 6.92 Å². The summed E-state index contributed by atoms with van der Waals surface area (Å²) in [4.78, 5) is 7.96. The molecule has 0 aliphatic carbocycles. The molecule has 96 valence electrons. The van der Waals surface area contributed by atoms with Crippen LogP contribution in [0.5, 0.6) is 0 Å². The van der Waals surface area contributed by atoms with Crippen LogP contribution in [0.4, 0.5) is 0 Å². The first kappa shape index (κ1) is 13.3. The monoisotopic (exact) mass is 284 g/mol. The third-order valence-corrected chi connectivity index (χ3v) is 3.47. The van der Waals surface area contributed by atoms with Gasteiger partial charge in [0.25, 0.3) is 0 Å². The maximum absolute atomic E-state index is 5.73. The van der Waals surface area contributed by atoms with Crippen LogP contribution in [0.25, 0.3) is 0 Å². The zero-order valence-electron chi connectivity index (χ0n) is 9.88. The van der Waals surface area contributed by atoms with Gasteiger partial charge in [-0.1, -0.05) is 11.8 Å². The Hall–Kier alpha value is -1.18. The number of thioether (sulfide) groups is 1. The second-order valence-electron chi connectivity index (χ2n) is 3.58. The van der Waals surface area contributed by atoms with Crippen molar-refractivity contribution >= 4 is 23.4 Å². The van der Waals surface area contributed by atoms with Gasteiger partial charge in [0.15, 0.2) is 5.16 Å². The molecule has 0 bridgehead atoms. The molecule has 18 heavy (non-hydrogen) atoms. The standard InChI is InChI=1S/C10H13ClN6S/c1-7-15-16-10(17(7)5-3-12)18-6-8-2-4-13-9(11)14-8/h2,4H,3,5-6,12H2,1H3. The average Bonchev–Trinajstić information content (AvgIpc) is 2.69. The van der Waals surface area contributed by atoms with Gasteiger partial charge in [0.2, 0.25) is 5.28 Å². The van der Waals surface area contributed by atoms with Gasteiger partial charge in [-0.2, -0.15) is 0 Å². The van der Waals surface area contributed by atoms with Crippen LogP contribution in [0.2, 0.25) is 5.28 Å². The highest BCUT2D eigenvalue weighted by Crippen LogP contribution is 2.20. The van der Waals surface area contributed by atoms with E-state index >= 15 is 0 Å². The van der Waals surface area contributed by atoms with Crippen molar-refractivity contribution in [3.05, 3.63) is 29.1 Å². The molecule has 0 aliphatic rings. The van der Waals surface area contributed by atoms with Crippen molar-refractivity contribution in [3.63, 3.8) is 0 Å². The third kappa shape index (κ3) is 3.18. The number of halogens is 1. The number of hydrogen-bond donors (Lipinski definition) is 1. The number of hydrogen-bond acceptors (Lipinski definition) is 6. The van der Waals surface area contributed by atoms with Gasteiger partial charge in [0, 0.05) is 25.0 Å². The van der Waals surface area contributed by atoms with E-state index in [4.69, 9.17) is 17.3 Å². The van der Waals surface area contributed by atoms with Crippen molar-refractivity contribution in [2.45, 2.75) is 24.4 Å². The number of rotatable bonds is 5. The van der Waals surface area contributed by atoms with Crippen molar-refractivity contribution in [1.29, 1.82) is 0 Å². The lowest BCUT2D eigenvalue weighted by molar-refractivity contribution is 0.627. The molecule has 0 unspecified atom stereocenters. The zero-order valence-corrected chi connectivity index (χ0v) is 11.4. The predicted octanol–water partition coefficient (Wildman–Crippen LogP) is 1.28. The fourth-order valence-electron chi connectivity index (χ4n) is 1.44. The smallest absolute Gasteiger partial charge is 0.222 e. The predicted molar refractivity (Wildman–Crippen MR) is 70.4 cm³/mol. The van der Waals surface area contributed by atoms with E-state index in [2.05, 4.69) is 20.2 Å². The Morgan fingerprint density at radius 1 is 1.44 bits per heavy atom. The van der Waals surface area contributed by atoms with Gasteiger partial charge in [-0.05, 0) is 24.6 Å². The van der Waals surface area contributed by atoms with Crippen LogP contribution in [0.3, 0.4) is 0 Å². The molecule has 0 radical (unpaired) electrons. The molecule has 2 aromatic rings. The number of aromatic nitrogens is 5. The zero-order chi connectivity index (χ0) is 13.0. The molecule has 0 saturated heterocycles. The molecular formula is C10H13ClN6S. The highest BCUT2D eigenvalue weighted by molar-refractivity contribution is 7.98. The van der Waals surface area contributed by atoms with Gasteiger partial charge < -0.3 is 10.3 Å². The van der Waals surface area contributed by atoms with Gasteiger partial charge in [-0.15, -0.1) is 10.2 Å². The largest absolute Gasteiger partial charge is 0.329 e. The Balaban J connectivity index is 2.06. The summed E-state index contributed by atoms with van der Waals surface area (Å²) in [5, 5.41) is 9.26. The van der Waals surface area contributed by atoms with Gasteiger partial charge in [0.1, 0.15) is 5.82 Å². The Kier molecular flexibility index (Phi) is 4.51. The molecule has 0 spiro atoms. The van der Waals surface area contributed by atoms with Crippen LogP contribution in [0.15, 0.2) is 17.4 Å². The minimum absolute atomic E-state index is 0.257. The van der Waals surface area contributed by atoms with E-state index in [1.165, 1.54) is 0 Å². The lowest BCUT2D eigenvalue weighted by Crippen LogP contribution is -2.12. The summed E-state index contributed by atoms with van der Waals surface area (Å²) in [5.74, 6) is 1.54. The molecule has 2 N–H and O–H groups in total. The van der Waals surface area contributed by atoms with E-state index in [0.29, 0.717) is 18.8 Å². The molecule has 0 amide bonds. The highest BCUT2D eigenvalue weighted by atomic mass is 35.5. The molecule has 0 atom stereocenters. The molecule has 8 heteroatoms. The Bertz CT molecular complexity index is 529. The topological polar surface area (TPSA) is 82.5 Å². The Labute approximate surface area is 114 Å². The van der Waals surface area contributed by atoms with E-state index in [9.17, 15) is 0 Å². The van der Waals surface area contributed by atoms with Gasteiger partial charge >= 0.3 is 0 Å². The van der Waals surface area contributed by atoms with E-state index in [1.807, 2.05) is 17.6 Å². The summed E-state index contributed by atoms with van der Waals surface area (Å²) in [6.07, 6.45) is 1.64. The number of nitrogens with two attached hydrogens (primary N) is 1. The van der Waals surface area contributed by atoms with Crippen molar-refractivity contribution < 1.29 is 0 Å². The first-order chi connectivity index (χ1) is 8.70. The number of nitrogens with zero attached hydrogens (tertiary/aromatic N) is 5. The number of aryl methyl sites for hydroxylation is 1. The second kappa shape index (κ2) is 6.12. The summed E-state index contributed by atoms with van der Waals surface area (Å²) in [6, 6.07) is 1.83. The normalized spacial score (nSPS) is 10.8. The lowest BCUT2D eigenvalue weighted by atomic mass is 10.5. The van der Waals surface area contributed by atoms with E-state index in [0.717, 1.165) is 16.7 Å². The molecule has 0 aromatic carbocycles. The molecule has 2 aromatic heterocycles. The minimum Gasteiger partial charge on any atom is -0.329 e. The highest BCUT2D eigenvalue weighted by Gasteiger charge is 2.09.